The lowest BCUT2D eigenvalue weighted by molar-refractivity contribution is -0.117. The highest BCUT2D eigenvalue weighted by atomic mass is 35.5. The molecule has 2 aromatic carbocycles. The maximum absolute atomic E-state index is 12.8. The van der Waals surface area contributed by atoms with Gasteiger partial charge in [0.2, 0.25) is 5.91 Å². The van der Waals surface area contributed by atoms with Crippen molar-refractivity contribution >= 4 is 28.9 Å². The van der Waals surface area contributed by atoms with Gasteiger partial charge in [0.05, 0.1) is 17.6 Å². The Bertz CT molecular complexity index is 1060. The highest BCUT2D eigenvalue weighted by Crippen LogP contribution is 2.25. The molecule has 2 heterocycles. The van der Waals surface area contributed by atoms with Crippen molar-refractivity contribution in [3.8, 4) is 5.69 Å². The van der Waals surface area contributed by atoms with E-state index in [1.807, 2.05) is 49.4 Å². The van der Waals surface area contributed by atoms with Crippen molar-refractivity contribution < 1.29 is 4.79 Å². The fourth-order valence-corrected chi connectivity index (χ4v) is 3.45. The van der Waals surface area contributed by atoms with Crippen molar-refractivity contribution in [2.45, 2.75) is 19.4 Å². The zero-order chi connectivity index (χ0) is 19.7. The van der Waals surface area contributed by atoms with Crippen LogP contribution in [0.25, 0.3) is 5.69 Å². The molecule has 28 heavy (non-hydrogen) atoms. The first-order valence-corrected chi connectivity index (χ1v) is 9.40. The Balaban J connectivity index is 1.55. The summed E-state index contributed by atoms with van der Waals surface area (Å²) in [6.45, 7) is 2.61. The number of carbonyl (C=O) groups is 1. The van der Waals surface area contributed by atoms with E-state index in [0.29, 0.717) is 24.3 Å². The van der Waals surface area contributed by atoms with Crippen molar-refractivity contribution in [1.29, 1.82) is 0 Å². The van der Waals surface area contributed by atoms with Gasteiger partial charge in [-0.1, -0.05) is 47.5 Å². The average molecular weight is 395 g/mol. The molecule has 1 aliphatic heterocycles. The van der Waals surface area contributed by atoms with Crippen LogP contribution in [0.3, 0.4) is 0 Å². The molecule has 1 amide bonds. The monoisotopic (exact) mass is 394 g/mol. The van der Waals surface area contributed by atoms with Gasteiger partial charge in [-0.2, -0.15) is 9.78 Å². The van der Waals surface area contributed by atoms with E-state index in [2.05, 4.69) is 10.4 Å². The fourth-order valence-electron chi connectivity index (χ4n) is 3.27. The summed E-state index contributed by atoms with van der Waals surface area (Å²) in [5.74, 6) is -0.0489. The molecular formula is C21H19ClN4O2. The third kappa shape index (κ3) is 3.39. The first-order chi connectivity index (χ1) is 13.5. The van der Waals surface area contributed by atoms with E-state index in [9.17, 15) is 9.59 Å². The minimum atomic E-state index is -0.451. The Morgan fingerprint density at radius 3 is 2.46 bits per heavy atom. The van der Waals surface area contributed by atoms with E-state index < -0.39 is 11.6 Å². The predicted molar refractivity (Wildman–Crippen MR) is 110 cm³/mol. The van der Waals surface area contributed by atoms with Crippen LogP contribution in [-0.4, -0.2) is 28.3 Å². The molecule has 1 aliphatic rings. The molecule has 6 nitrogen and oxygen atoms in total. The number of aryl methyl sites for hydroxylation is 1. The zero-order valence-corrected chi connectivity index (χ0v) is 16.1. The molecule has 142 valence electrons. The zero-order valence-electron chi connectivity index (χ0n) is 15.3. The quantitative estimate of drug-likeness (QED) is 0.736. The van der Waals surface area contributed by atoms with Gasteiger partial charge < -0.3 is 10.2 Å². The van der Waals surface area contributed by atoms with Gasteiger partial charge in [-0.05, 0) is 37.6 Å². The summed E-state index contributed by atoms with van der Waals surface area (Å²) in [5.41, 5.74) is 2.57. The molecule has 3 aromatic rings. The van der Waals surface area contributed by atoms with Gasteiger partial charge in [-0.25, -0.2) is 0 Å². The molecule has 1 saturated heterocycles. The lowest BCUT2D eigenvalue weighted by atomic mass is 10.2. The number of nitrogens with zero attached hydrogens (tertiary/aromatic N) is 3. The van der Waals surface area contributed by atoms with E-state index in [0.717, 1.165) is 11.3 Å². The maximum atomic E-state index is 12.8. The fraction of sp³-hybridized carbons (Fsp3) is 0.190. The van der Waals surface area contributed by atoms with Crippen molar-refractivity contribution in [3.05, 3.63) is 81.7 Å². The second kappa shape index (κ2) is 7.48. The Kier molecular flexibility index (Phi) is 4.88. The molecule has 4 rings (SSSR count). The molecule has 7 heteroatoms. The molecule has 1 atom stereocenters. The minimum Gasteiger partial charge on any atom is -0.371 e. The molecule has 0 spiro atoms. The smallest absolute Gasteiger partial charge is 0.292 e. The lowest BCUT2D eigenvalue weighted by Gasteiger charge is -2.18. The Hall–Kier alpha value is -3.12. The predicted octanol–water partition coefficient (Wildman–Crippen LogP) is 3.41. The standard InChI is InChI=1S/C21H19ClN4O2/c1-14-7-9-15(10-8-14)25-12-11-17(20(25)27)24-18-13-23-26(21(28)19(18)22)16-5-3-2-4-6-16/h2-10,13,17,24H,11-12H2,1H3. The van der Waals surface area contributed by atoms with Gasteiger partial charge in [0, 0.05) is 12.2 Å². The van der Waals surface area contributed by atoms with E-state index in [1.165, 1.54) is 10.9 Å². The number of aromatic nitrogens is 2. The van der Waals surface area contributed by atoms with Crippen LogP contribution in [0, 0.1) is 6.92 Å². The molecule has 1 N–H and O–H groups in total. The topological polar surface area (TPSA) is 67.2 Å². The van der Waals surface area contributed by atoms with E-state index in [4.69, 9.17) is 11.6 Å². The molecule has 1 fully saturated rings. The first kappa shape index (κ1) is 18.3. The Labute approximate surface area is 167 Å². The maximum Gasteiger partial charge on any atom is 0.292 e. The number of benzene rings is 2. The number of hydrogen-bond donors (Lipinski definition) is 1. The summed E-state index contributed by atoms with van der Waals surface area (Å²) < 4.78 is 1.24. The third-order valence-corrected chi connectivity index (χ3v) is 5.17. The average Bonchev–Trinajstić information content (AvgIpc) is 3.07. The highest BCUT2D eigenvalue weighted by molar-refractivity contribution is 6.33. The van der Waals surface area contributed by atoms with Crippen molar-refractivity contribution in [2.24, 2.45) is 0 Å². The molecular weight excluding hydrogens is 376 g/mol. The van der Waals surface area contributed by atoms with Gasteiger partial charge >= 0.3 is 0 Å². The van der Waals surface area contributed by atoms with Crippen molar-refractivity contribution in [3.63, 3.8) is 0 Å². The highest BCUT2D eigenvalue weighted by Gasteiger charge is 2.33. The van der Waals surface area contributed by atoms with Crippen molar-refractivity contribution in [2.75, 3.05) is 16.8 Å². The van der Waals surface area contributed by atoms with Crippen LogP contribution in [0.4, 0.5) is 11.4 Å². The summed E-state index contributed by atoms with van der Waals surface area (Å²) in [6.07, 6.45) is 2.10. The van der Waals surface area contributed by atoms with Gasteiger partial charge in [-0.15, -0.1) is 0 Å². The van der Waals surface area contributed by atoms with Crippen LogP contribution in [0.5, 0.6) is 0 Å². The van der Waals surface area contributed by atoms with Gasteiger partial charge in [-0.3, -0.25) is 9.59 Å². The molecule has 0 bridgehead atoms. The van der Waals surface area contributed by atoms with Gasteiger partial charge in [0.25, 0.3) is 5.56 Å². The van der Waals surface area contributed by atoms with E-state index in [-0.39, 0.29) is 10.9 Å². The van der Waals surface area contributed by atoms with Crippen LogP contribution in [0.15, 0.2) is 65.6 Å². The van der Waals surface area contributed by atoms with Crippen LogP contribution >= 0.6 is 11.6 Å². The summed E-state index contributed by atoms with van der Waals surface area (Å²) >= 11 is 6.28. The lowest BCUT2D eigenvalue weighted by Crippen LogP contribution is -2.34. The molecule has 1 unspecified atom stereocenters. The van der Waals surface area contributed by atoms with Crippen LogP contribution < -0.4 is 15.8 Å². The second-order valence-corrected chi connectivity index (χ2v) is 7.11. The Morgan fingerprint density at radius 1 is 1.04 bits per heavy atom. The summed E-state index contributed by atoms with van der Waals surface area (Å²) in [6, 6.07) is 16.4. The third-order valence-electron chi connectivity index (χ3n) is 4.80. The number of hydrogen-bond acceptors (Lipinski definition) is 4. The summed E-state index contributed by atoms with van der Waals surface area (Å²) in [4.78, 5) is 27.1. The number of anilines is 2. The normalized spacial score (nSPS) is 16.4. The van der Waals surface area contributed by atoms with E-state index >= 15 is 0 Å². The second-order valence-electron chi connectivity index (χ2n) is 6.74. The number of nitrogens with one attached hydrogen (secondary N) is 1. The minimum absolute atomic E-state index is 0.0143. The SMILES string of the molecule is Cc1ccc(N2CCC(Nc3cnn(-c4ccccc4)c(=O)c3Cl)C2=O)cc1. The number of carbonyl (C=O) groups excluding carboxylic acids is 1. The number of para-hydroxylation sites is 1. The number of amides is 1. The van der Waals surface area contributed by atoms with Crippen LogP contribution in [0.1, 0.15) is 12.0 Å². The van der Waals surface area contributed by atoms with Gasteiger partial charge in [0.1, 0.15) is 11.1 Å². The largest absolute Gasteiger partial charge is 0.371 e. The van der Waals surface area contributed by atoms with Crippen LogP contribution in [-0.2, 0) is 4.79 Å². The summed E-state index contributed by atoms with van der Waals surface area (Å²) in [7, 11) is 0. The number of halogens is 1. The molecule has 0 radical (unpaired) electrons. The summed E-state index contributed by atoms with van der Waals surface area (Å²) in [5, 5.41) is 7.30. The number of rotatable bonds is 4. The first-order valence-electron chi connectivity index (χ1n) is 9.02. The molecule has 0 saturated carbocycles. The molecule has 1 aromatic heterocycles. The van der Waals surface area contributed by atoms with Gasteiger partial charge in [0.15, 0.2) is 0 Å². The van der Waals surface area contributed by atoms with Crippen molar-refractivity contribution in [1.82, 2.24) is 9.78 Å². The Morgan fingerprint density at radius 2 is 1.75 bits per heavy atom. The van der Waals surface area contributed by atoms with Crippen LogP contribution in [0.2, 0.25) is 5.02 Å². The molecule has 0 aliphatic carbocycles. The van der Waals surface area contributed by atoms with E-state index in [1.54, 1.807) is 17.0 Å².